The normalized spacial score (nSPS) is 19.1. The first-order valence-corrected chi connectivity index (χ1v) is 9.48. The Bertz CT molecular complexity index is 850. The summed E-state index contributed by atoms with van der Waals surface area (Å²) in [6.45, 7) is 2.61. The highest BCUT2D eigenvalue weighted by Crippen LogP contribution is 2.33. The van der Waals surface area contributed by atoms with Gasteiger partial charge in [-0.3, -0.25) is 9.59 Å². The zero-order chi connectivity index (χ0) is 19.6. The van der Waals surface area contributed by atoms with Crippen LogP contribution in [0.15, 0.2) is 23.6 Å². The SMILES string of the molecule is COc1ccc(-c2nc(CC(=O)N3C[C@@H](C)[C@H](C(=O)O)C3)cs2)cc1OC. The Morgan fingerprint density at radius 2 is 2.00 bits per heavy atom. The van der Waals surface area contributed by atoms with Gasteiger partial charge in [0.05, 0.1) is 32.3 Å². The predicted octanol–water partition coefficient (Wildman–Crippen LogP) is 2.55. The van der Waals surface area contributed by atoms with E-state index in [4.69, 9.17) is 9.47 Å². The summed E-state index contributed by atoms with van der Waals surface area (Å²) in [5, 5.41) is 11.9. The summed E-state index contributed by atoms with van der Waals surface area (Å²) in [6, 6.07) is 5.56. The topological polar surface area (TPSA) is 89.0 Å². The van der Waals surface area contributed by atoms with E-state index < -0.39 is 11.9 Å². The molecule has 1 aromatic carbocycles. The maximum atomic E-state index is 12.5. The van der Waals surface area contributed by atoms with Crippen LogP contribution in [0, 0.1) is 11.8 Å². The third-order valence-electron chi connectivity index (χ3n) is 4.80. The third kappa shape index (κ3) is 4.05. The molecule has 1 saturated heterocycles. The summed E-state index contributed by atoms with van der Waals surface area (Å²) >= 11 is 1.45. The van der Waals surface area contributed by atoms with Crippen molar-refractivity contribution in [2.24, 2.45) is 11.8 Å². The first-order chi connectivity index (χ1) is 12.9. The summed E-state index contributed by atoms with van der Waals surface area (Å²) < 4.78 is 10.6. The van der Waals surface area contributed by atoms with Gasteiger partial charge in [0, 0.05) is 24.0 Å². The van der Waals surface area contributed by atoms with E-state index in [1.807, 2.05) is 30.5 Å². The van der Waals surface area contributed by atoms with Gasteiger partial charge in [-0.15, -0.1) is 11.3 Å². The van der Waals surface area contributed by atoms with Crippen LogP contribution >= 0.6 is 11.3 Å². The number of nitrogens with zero attached hydrogens (tertiary/aromatic N) is 2. The monoisotopic (exact) mass is 390 g/mol. The number of carbonyl (C=O) groups excluding carboxylic acids is 1. The Hall–Kier alpha value is -2.61. The molecule has 0 aliphatic carbocycles. The molecule has 3 rings (SSSR count). The maximum absolute atomic E-state index is 12.5. The Balaban J connectivity index is 1.70. The van der Waals surface area contributed by atoms with Crippen LogP contribution in [0.5, 0.6) is 11.5 Å². The van der Waals surface area contributed by atoms with Gasteiger partial charge >= 0.3 is 5.97 Å². The van der Waals surface area contributed by atoms with Gasteiger partial charge in [-0.25, -0.2) is 4.98 Å². The van der Waals surface area contributed by atoms with Crippen molar-refractivity contribution in [3.8, 4) is 22.1 Å². The van der Waals surface area contributed by atoms with Crippen LogP contribution < -0.4 is 9.47 Å². The molecule has 0 saturated carbocycles. The van der Waals surface area contributed by atoms with E-state index >= 15 is 0 Å². The molecular weight excluding hydrogens is 368 g/mol. The molecule has 27 heavy (non-hydrogen) atoms. The Morgan fingerprint density at radius 3 is 2.63 bits per heavy atom. The molecule has 0 radical (unpaired) electrons. The Labute approximate surface area is 161 Å². The molecule has 0 bridgehead atoms. The molecular formula is C19H22N2O5S. The zero-order valence-electron chi connectivity index (χ0n) is 15.5. The van der Waals surface area contributed by atoms with Crippen molar-refractivity contribution in [2.75, 3.05) is 27.3 Å². The van der Waals surface area contributed by atoms with Gasteiger partial charge in [0.25, 0.3) is 0 Å². The molecule has 2 aromatic rings. The number of carboxylic acid groups (broad SMARTS) is 1. The lowest BCUT2D eigenvalue weighted by Crippen LogP contribution is -2.31. The lowest BCUT2D eigenvalue weighted by Gasteiger charge is -2.15. The number of ether oxygens (including phenoxy) is 2. The number of hydrogen-bond acceptors (Lipinski definition) is 6. The molecule has 2 atom stereocenters. The number of aromatic nitrogens is 1. The van der Waals surface area contributed by atoms with E-state index in [2.05, 4.69) is 4.98 Å². The van der Waals surface area contributed by atoms with E-state index in [-0.39, 0.29) is 24.8 Å². The summed E-state index contributed by atoms with van der Waals surface area (Å²) in [5.41, 5.74) is 1.57. The number of amides is 1. The third-order valence-corrected chi connectivity index (χ3v) is 5.74. The summed E-state index contributed by atoms with van der Waals surface area (Å²) in [4.78, 5) is 29.9. The average Bonchev–Trinajstić information content (AvgIpc) is 3.27. The van der Waals surface area contributed by atoms with Crippen molar-refractivity contribution in [3.05, 3.63) is 29.3 Å². The second kappa shape index (κ2) is 7.96. The number of rotatable bonds is 6. The predicted molar refractivity (Wildman–Crippen MR) is 101 cm³/mol. The molecule has 8 heteroatoms. The van der Waals surface area contributed by atoms with Crippen molar-refractivity contribution < 1.29 is 24.2 Å². The van der Waals surface area contributed by atoms with Crippen LogP contribution in [0.2, 0.25) is 0 Å². The van der Waals surface area contributed by atoms with Crippen molar-refractivity contribution in [3.63, 3.8) is 0 Å². The molecule has 1 aromatic heterocycles. The van der Waals surface area contributed by atoms with E-state index in [1.54, 1.807) is 19.1 Å². The second-order valence-electron chi connectivity index (χ2n) is 6.61. The minimum Gasteiger partial charge on any atom is -0.493 e. The van der Waals surface area contributed by atoms with E-state index in [1.165, 1.54) is 11.3 Å². The van der Waals surface area contributed by atoms with Gasteiger partial charge in [0.15, 0.2) is 11.5 Å². The van der Waals surface area contributed by atoms with E-state index in [0.29, 0.717) is 23.7 Å². The molecule has 1 N–H and O–H groups in total. The fourth-order valence-corrected chi connectivity index (χ4v) is 4.07. The standard InChI is InChI=1S/C19H22N2O5S/c1-11-8-21(9-14(11)19(23)24)17(22)7-13-10-27-18(20-13)12-4-5-15(25-2)16(6-12)26-3/h4-6,10-11,14H,7-9H2,1-3H3,(H,23,24)/t11-,14-/m1/s1. The zero-order valence-corrected chi connectivity index (χ0v) is 16.3. The van der Waals surface area contributed by atoms with E-state index in [0.717, 1.165) is 10.6 Å². The highest BCUT2D eigenvalue weighted by Gasteiger charge is 2.36. The Morgan fingerprint density at radius 1 is 1.26 bits per heavy atom. The summed E-state index contributed by atoms with van der Waals surface area (Å²) in [6.07, 6.45) is 0.169. The number of hydrogen-bond donors (Lipinski definition) is 1. The molecule has 1 aliphatic heterocycles. The Kier molecular flexibility index (Phi) is 5.65. The van der Waals surface area contributed by atoms with Gasteiger partial charge in [0.2, 0.25) is 5.91 Å². The average molecular weight is 390 g/mol. The number of thiazole rings is 1. The molecule has 0 spiro atoms. The molecule has 144 valence electrons. The quantitative estimate of drug-likeness (QED) is 0.815. The van der Waals surface area contributed by atoms with E-state index in [9.17, 15) is 14.7 Å². The van der Waals surface area contributed by atoms with Gasteiger partial charge in [0.1, 0.15) is 5.01 Å². The first kappa shape index (κ1) is 19.2. The molecule has 2 heterocycles. The number of carbonyl (C=O) groups is 2. The van der Waals surface area contributed by atoms with Crippen LogP contribution in [0.25, 0.3) is 10.6 Å². The highest BCUT2D eigenvalue weighted by molar-refractivity contribution is 7.13. The lowest BCUT2D eigenvalue weighted by molar-refractivity contribution is -0.142. The van der Waals surface area contributed by atoms with Crippen LogP contribution in [-0.4, -0.2) is 54.2 Å². The number of likely N-dealkylation sites (tertiary alicyclic amines) is 1. The van der Waals surface area contributed by atoms with Crippen LogP contribution in [0.4, 0.5) is 0 Å². The fourth-order valence-electron chi connectivity index (χ4n) is 3.25. The van der Waals surface area contributed by atoms with Crippen LogP contribution in [0.1, 0.15) is 12.6 Å². The second-order valence-corrected chi connectivity index (χ2v) is 7.47. The van der Waals surface area contributed by atoms with Crippen molar-refractivity contribution in [1.29, 1.82) is 0 Å². The maximum Gasteiger partial charge on any atom is 0.308 e. The smallest absolute Gasteiger partial charge is 0.308 e. The van der Waals surface area contributed by atoms with Gasteiger partial charge in [-0.05, 0) is 24.1 Å². The highest BCUT2D eigenvalue weighted by atomic mass is 32.1. The largest absolute Gasteiger partial charge is 0.493 e. The summed E-state index contributed by atoms with van der Waals surface area (Å²) in [7, 11) is 3.16. The van der Waals surface area contributed by atoms with Crippen molar-refractivity contribution in [1.82, 2.24) is 9.88 Å². The number of aliphatic carboxylic acids is 1. The van der Waals surface area contributed by atoms with Crippen molar-refractivity contribution in [2.45, 2.75) is 13.3 Å². The molecule has 1 amide bonds. The van der Waals surface area contributed by atoms with Gasteiger partial charge < -0.3 is 19.5 Å². The molecule has 1 fully saturated rings. The van der Waals surface area contributed by atoms with Gasteiger partial charge in [-0.2, -0.15) is 0 Å². The number of methoxy groups -OCH3 is 2. The number of benzene rings is 1. The molecule has 1 aliphatic rings. The van der Waals surface area contributed by atoms with Crippen LogP contribution in [-0.2, 0) is 16.0 Å². The fraction of sp³-hybridized carbons (Fsp3) is 0.421. The van der Waals surface area contributed by atoms with Gasteiger partial charge in [-0.1, -0.05) is 6.92 Å². The minimum absolute atomic E-state index is 0.0378. The molecule has 0 unspecified atom stereocenters. The summed E-state index contributed by atoms with van der Waals surface area (Å²) in [5.74, 6) is -0.203. The minimum atomic E-state index is -0.845. The molecule has 7 nitrogen and oxygen atoms in total. The first-order valence-electron chi connectivity index (χ1n) is 8.60. The number of carboxylic acids is 1. The van der Waals surface area contributed by atoms with Crippen molar-refractivity contribution >= 4 is 23.2 Å². The van der Waals surface area contributed by atoms with Crippen LogP contribution in [0.3, 0.4) is 0 Å². The lowest BCUT2D eigenvalue weighted by atomic mass is 9.99.